The zero-order chi connectivity index (χ0) is 14.3. The first-order valence-electron chi connectivity index (χ1n) is 5.70. The molecule has 0 aliphatic carbocycles. The van der Waals surface area contributed by atoms with E-state index >= 15 is 0 Å². The quantitative estimate of drug-likeness (QED) is 0.564. The van der Waals surface area contributed by atoms with Gasteiger partial charge < -0.3 is 15.2 Å². The Morgan fingerprint density at radius 1 is 1.26 bits per heavy atom. The fourth-order valence-electron chi connectivity index (χ4n) is 1.44. The lowest BCUT2D eigenvalue weighted by Crippen LogP contribution is -2.26. The van der Waals surface area contributed by atoms with E-state index < -0.39 is 30.8 Å². The van der Waals surface area contributed by atoms with E-state index in [1.54, 1.807) is 0 Å². The molecule has 0 heterocycles. The Bertz CT molecular complexity index is 390. The number of halogens is 4. The minimum absolute atomic E-state index is 0.0294. The standard InChI is InChI=1S/C12H15F4NO2/c13-8-1-2-10(14)9(5-8)11(18)6-17-3-4-19-7-12(15)16/h1-2,5,11-12,17-18H,3-4,6-7H2. The monoisotopic (exact) mass is 281 g/mol. The summed E-state index contributed by atoms with van der Waals surface area (Å²) in [4.78, 5) is 0. The number of aliphatic hydroxyl groups is 1. The van der Waals surface area contributed by atoms with Gasteiger partial charge in [-0.25, -0.2) is 17.6 Å². The van der Waals surface area contributed by atoms with Gasteiger partial charge in [-0.15, -0.1) is 0 Å². The summed E-state index contributed by atoms with van der Waals surface area (Å²) in [7, 11) is 0. The number of ether oxygens (including phenoxy) is 1. The summed E-state index contributed by atoms with van der Waals surface area (Å²) in [6.45, 7) is -0.412. The number of aliphatic hydroxyl groups excluding tert-OH is 1. The van der Waals surface area contributed by atoms with E-state index in [9.17, 15) is 22.7 Å². The lowest BCUT2D eigenvalue weighted by Gasteiger charge is -2.13. The summed E-state index contributed by atoms with van der Waals surface area (Å²) < 4.78 is 54.2. The summed E-state index contributed by atoms with van der Waals surface area (Å²) in [5, 5.41) is 12.3. The minimum Gasteiger partial charge on any atom is -0.387 e. The molecule has 0 saturated heterocycles. The van der Waals surface area contributed by atoms with Crippen LogP contribution in [-0.4, -0.2) is 37.8 Å². The molecule has 0 saturated carbocycles. The van der Waals surface area contributed by atoms with E-state index in [0.29, 0.717) is 0 Å². The van der Waals surface area contributed by atoms with Crippen LogP contribution in [0.25, 0.3) is 0 Å². The first-order chi connectivity index (χ1) is 9.00. The number of alkyl halides is 2. The second kappa shape index (κ2) is 8.08. The summed E-state index contributed by atoms with van der Waals surface area (Å²) >= 11 is 0. The smallest absolute Gasteiger partial charge is 0.261 e. The van der Waals surface area contributed by atoms with Gasteiger partial charge in [-0.05, 0) is 18.2 Å². The molecule has 3 nitrogen and oxygen atoms in total. The van der Waals surface area contributed by atoms with Crippen LogP contribution in [0, 0.1) is 11.6 Å². The molecule has 0 amide bonds. The van der Waals surface area contributed by atoms with Crippen molar-refractivity contribution in [2.24, 2.45) is 0 Å². The van der Waals surface area contributed by atoms with Crippen LogP contribution in [0.1, 0.15) is 11.7 Å². The molecule has 0 aromatic heterocycles. The van der Waals surface area contributed by atoms with Crippen molar-refractivity contribution in [3.05, 3.63) is 35.4 Å². The highest BCUT2D eigenvalue weighted by atomic mass is 19.3. The van der Waals surface area contributed by atoms with Crippen molar-refractivity contribution in [3.8, 4) is 0 Å². The molecule has 1 rings (SSSR count). The lowest BCUT2D eigenvalue weighted by atomic mass is 10.1. The van der Waals surface area contributed by atoms with Gasteiger partial charge >= 0.3 is 0 Å². The number of hydrogen-bond acceptors (Lipinski definition) is 3. The first kappa shape index (κ1) is 15.9. The molecule has 108 valence electrons. The number of nitrogens with one attached hydrogen (secondary N) is 1. The number of benzene rings is 1. The Labute approximate surface area is 108 Å². The number of hydrogen-bond donors (Lipinski definition) is 2. The molecule has 1 atom stereocenters. The van der Waals surface area contributed by atoms with Crippen LogP contribution in [0.5, 0.6) is 0 Å². The second-order valence-electron chi connectivity index (χ2n) is 3.85. The van der Waals surface area contributed by atoms with Crippen LogP contribution in [0.3, 0.4) is 0 Å². The molecule has 0 aliphatic rings. The normalized spacial score (nSPS) is 12.9. The second-order valence-corrected chi connectivity index (χ2v) is 3.85. The third-order valence-corrected chi connectivity index (χ3v) is 2.32. The molecular formula is C12H15F4NO2. The van der Waals surface area contributed by atoms with Gasteiger partial charge in [0.15, 0.2) is 0 Å². The zero-order valence-electron chi connectivity index (χ0n) is 10.1. The third-order valence-electron chi connectivity index (χ3n) is 2.32. The zero-order valence-corrected chi connectivity index (χ0v) is 10.1. The summed E-state index contributed by atoms with van der Waals surface area (Å²) in [5.41, 5.74) is -0.152. The van der Waals surface area contributed by atoms with Crippen molar-refractivity contribution in [1.29, 1.82) is 0 Å². The highest BCUT2D eigenvalue weighted by molar-refractivity contribution is 5.21. The van der Waals surface area contributed by atoms with Crippen molar-refractivity contribution in [1.82, 2.24) is 5.32 Å². The fraction of sp³-hybridized carbons (Fsp3) is 0.500. The maximum absolute atomic E-state index is 13.3. The average Bonchev–Trinajstić information content (AvgIpc) is 2.36. The van der Waals surface area contributed by atoms with Crippen molar-refractivity contribution in [2.75, 3.05) is 26.3 Å². The van der Waals surface area contributed by atoms with Crippen molar-refractivity contribution >= 4 is 0 Å². The van der Waals surface area contributed by atoms with Gasteiger partial charge in [-0.2, -0.15) is 0 Å². The molecule has 19 heavy (non-hydrogen) atoms. The van der Waals surface area contributed by atoms with E-state index in [0.717, 1.165) is 18.2 Å². The van der Waals surface area contributed by atoms with E-state index in [2.05, 4.69) is 10.1 Å². The topological polar surface area (TPSA) is 41.5 Å². The van der Waals surface area contributed by atoms with E-state index in [4.69, 9.17) is 0 Å². The van der Waals surface area contributed by atoms with E-state index in [-0.39, 0.29) is 25.3 Å². The van der Waals surface area contributed by atoms with Crippen molar-refractivity contribution in [2.45, 2.75) is 12.5 Å². The summed E-state index contributed by atoms with van der Waals surface area (Å²) in [6.07, 6.45) is -3.74. The highest BCUT2D eigenvalue weighted by Gasteiger charge is 2.13. The van der Waals surface area contributed by atoms with E-state index in [1.165, 1.54) is 0 Å². The predicted octanol–water partition coefficient (Wildman–Crippen LogP) is 1.87. The molecule has 7 heteroatoms. The largest absolute Gasteiger partial charge is 0.387 e. The molecule has 0 aliphatic heterocycles. The Kier molecular flexibility index (Phi) is 6.75. The number of rotatable bonds is 8. The Morgan fingerprint density at radius 2 is 2.00 bits per heavy atom. The Morgan fingerprint density at radius 3 is 2.68 bits per heavy atom. The van der Waals surface area contributed by atoms with Crippen LogP contribution in [0.15, 0.2) is 18.2 Å². The van der Waals surface area contributed by atoms with E-state index in [1.807, 2.05) is 0 Å². The molecule has 0 fully saturated rings. The highest BCUT2D eigenvalue weighted by Crippen LogP contribution is 2.17. The van der Waals surface area contributed by atoms with Crippen molar-refractivity contribution in [3.63, 3.8) is 0 Å². The van der Waals surface area contributed by atoms with Gasteiger partial charge in [0, 0.05) is 18.7 Å². The summed E-state index contributed by atoms with van der Waals surface area (Å²) in [6, 6.07) is 2.80. The maximum Gasteiger partial charge on any atom is 0.261 e. The van der Waals surface area contributed by atoms with Gasteiger partial charge in [0.25, 0.3) is 6.43 Å². The molecule has 1 aromatic carbocycles. The lowest BCUT2D eigenvalue weighted by molar-refractivity contribution is 0.0180. The molecular weight excluding hydrogens is 266 g/mol. The van der Waals surface area contributed by atoms with Gasteiger partial charge in [0.1, 0.15) is 18.2 Å². The maximum atomic E-state index is 13.3. The molecule has 0 bridgehead atoms. The molecule has 1 unspecified atom stereocenters. The molecule has 2 N–H and O–H groups in total. The fourth-order valence-corrected chi connectivity index (χ4v) is 1.44. The van der Waals surface area contributed by atoms with Crippen LogP contribution >= 0.6 is 0 Å². The Hall–Kier alpha value is -1.18. The SMILES string of the molecule is OC(CNCCOCC(F)F)c1cc(F)ccc1F. The summed E-state index contributed by atoms with van der Waals surface area (Å²) in [5.74, 6) is -1.35. The van der Waals surface area contributed by atoms with Gasteiger partial charge in [0.2, 0.25) is 0 Å². The molecule has 0 radical (unpaired) electrons. The molecule has 0 spiro atoms. The Balaban J connectivity index is 2.27. The van der Waals surface area contributed by atoms with Crippen LogP contribution in [-0.2, 0) is 4.74 Å². The average molecular weight is 281 g/mol. The van der Waals surface area contributed by atoms with Gasteiger partial charge in [0.05, 0.1) is 12.7 Å². The van der Waals surface area contributed by atoms with Crippen LogP contribution in [0.4, 0.5) is 17.6 Å². The van der Waals surface area contributed by atoms with Crippen molar-refractivity contribution < 1.29 is 27.4 Å². The van der Waals surface area contributed by atoms with Gasteiger partial charge in [-0.1, -0.05) is 0 Å². The molecule has 1 aromatic rings. The third kappa shape index (κ3) is 6.00. The predicted molar refractivity (Wildman–Crippen MR) is 61.0 cm³/mol. The van der Waals surface area contributed by atoms with Crippen LogP contribution in [0.2, 0.25) is 0 Å². The van der Waals surface area contributed by atoms with Gasteiger partial charge in [-0.3, -0.25) is 0 Å². The van der Waals surface area contributed by atoms with Crippen LogP contribution < -0.4 is 5.32 Å². The first-order valence-corrected chi connectivity index (χ1v) is 5.70. The minimum atomic E-state index is -2.52.